The predicted octanol–water partition coefficient (Wildman–Crippen LogP) is 2.71. The number of hydrogen-bond donors (Lipinski definition) is 2. The van der Waals surface area contributed by atoms with Crippen LogP contribution >= 0.6 is 0 Å². The Bertz CT molecular complexity index is 431. The first-order valence-electron chi connectivity index (χ1n) is 6.02. The average Bonchev–Trinajstić information content (AvgIpc) is 2.34. The monoisotopic (exact) mass is 256 g/mol. The van der Waals surface area contributed by atoms with E-state index in [-0.39, 0.29) is 11.3 Å². The number of nitrogen functional groups attached to an aromatic ring is 1. The molecule has 0 unspecified atom stereocenters. The summed E-state index contributed by atoms with van der Waals surface area (Å²) in [5, 5.41) is 2.68. The van der Waals surface area contributed by atoms with Crippen LogP contribution in [0.1, 0.15) is 37.0 Å². The number of anilines is 1. The normalized spacial score (nSPS) is 10.7. The second-order valence-electron chi connectivity index (χ2n) is 4.25. The predicted molar refractivity (Wildman–Crippen MR) is 67.2 cm³/mol. The van der Waals surface area contributed by atoms with Crippen LogP contribution in [0.3, 0.4) is 0 Å². The fourth-order valence-electron chi connectivity index (χ4n) is 1.67. The molecule has 1 aromatic carbocycles. The minimum atomic E-state index is -1.07. The van der Waals surface area contributed by atoms with Crippen molar-refractivity contribution in [1.29, 1.82) is 0 Å². The fraction of sp³-hybridized carbons (Fsp3) is 0.462. The van der Waals surface area contributed by atoms with Crippen molar-refractivity contribution in [2.45, 2.75) is 26.7 Å². The molecule has 0 heterocycles. The van der Waals surface area contributed by atoms with Gasteiger partial charge in [0.1, 0.15) is 0 Å². The Kier molecular flexibility index (Phi) is 5.07. The highest BCUT2D eigenvalue weighted by molar-refractivity contribution is 5.99. The van der Waals surface area contributed by atoms with E-state index in [2.05, 4.69) is 5.32 Å². The molecule has 3 N–H and O–H groups in total. The van der Waals surface area contributed by atoms with Gasteiger partial charge in [0.2, 0.25) is 0 Å². The van der Waals surface area contributed by atoms with Crippen molar-refractivity contribution < 1.29 is 13.6 Å². The molecule has 0 saturated heterocycles. The first-order chi connectivity index (χ1) is 8.49. The highest BCUT2D eigenvalue weighted by Crippen LogP contribution is 2.17. The first-order valence-corrected chi connectivity index (χ1v) is 6.02. The number of nitrogens with one attached hydrogen (secondary N) is 1. The third-order valence-corrected chi connectivity index (χ3v) is 3.04. The Morgan fingerprint density at radius 2 is 1.83 bits per heavy atom. The molecule has 100 valence electrons. The molecule has 18 heavy (non-hydrogen) atoms. The molecule has 0 saturated carbocycles. The van der Waals surface area contributed by atoms with E-state index in [1.165, 1.54) is 0 Å². The maximum Gasteiger partial charge on any atom is 0.253 e. The van der Waals surface area contributed by atoms with Crippen molar-refractivity contribution in [2.24, 2.45) is 5.92 Å². The number of amides is 1. The Labute approximate surface area is 105 Å². The zero-order valence-electron chi connectivity index (χ0n) is 10.6. The lowest BCUT2D eigenvalue weighted by Gasteiger charge is -2.14. The zero-order valence-corrected chi connectivity index (χ0v) is 10.6. The van der Waals surface area contributed by atoms with Crippen LogP contribution in [0.5, 0.6) is 0 Å². The van der Waals surface area contributed by atoms with Gasteiger partial charge < -0.3 is 11.1 Å². The van der Waals surface area contributed by atoms with Gasteiger partial charge in [-0.2, -0.15) is 0 Å². The molecule has 1 amide bonds. The highest BCUT2D eigenvalue weighted by Gasteiger charge is 2.15. The first kappa shape index (κ1) is 14.4. The summed E-state index contributed by atoms with van der Waals surface area (Å²) in [6.45, 7) is 4.57. The number of carbonyl (C=O) groups excluding carboxylic acids is 1. The molecule has 0 radical (unpaired) electrons. The number of benzene rings is 1. The van der Waals surface area contributed by atoms with Gasteiger partial charge in [-0.05, 0) is 12.0 Å². The summed E-state index contributed by atoms with van der Waals surface area (Å²) in [7, 11) is 0. The number of hydrogen-bond acceptors (Lipinski definition) is 2. The van der Waals surface area contributed by atoms with Gasteiger partial charge in [0, 0.05) is 18.3 Å². The molecule has 0 aliphatic carbocycles. The Morgan fingerprint density at radius 1 is 1.28 bits per heavy atom. The van der Waals surface area contributed by atoms with E-state index in [1.54, 1.807) is 0 Å². The molecule has 0 aliphatic heterocycles. The zero-order chi connectivity index (χ0) is 13.7. The molecule has 1 rings (SSSR count). The van der Waals surface area contributed by atoms with Crippen LogP contribution in [-0.2, 0) is 0 Å². The standard InChI is InChI=1S/C13H18F2N2O/c1-3-8(4-2)7-17-13(18)9-5-10(14)11(15)6-12(9)16/h5-6,8H,3-4,7,16H2,1-2H3,(H,17,18). The SMILES string of the molecule is CCC(CC)CNC(=O)c1cc(F)c(F)cc1N. The number of halogens is 2. The largest absolute Gasteiger partial charge is 0.398 e. The van der Waals surface area contributed by atoms with E-state index >= 15 is 0 Å². The van der Waals surface area contributed by atoms with E-state index in [0.29, 0.717) is 12.5 Å². The lowest BCUT2D eigenvalue weighted by molar-refractivity contribution is 0.0947. The Balaban J connectivity index is 2.76. The molecule has 0 spiro atoms. The van der Waals surface area contributed by atoms with Crippen molar-refractivity contribution >= 4 is 11.6 Å². The van der Waals surface area contributed by atoms with Crippen molar-refractivity contribution in [3.05, 3.63) is 29.3 Å². The fourth-order valence-corrected chi connectivity index (χ4v) is 1.67. The van der Waals surface area contributed by atoms with Gasteiger partial charge in [-0.1, -0.05) is 26.7 Å². The van der Waals surface area contributed by atoms with Crippen molar-refractivity contribution in [3.8, 4) is 0 Å². The maximum atomic E-state index is 13.0. The smallest absolute Gasteiger partial charge is 0.253 e. The van der Waals surface area contributed by atoms with Gasteiger partial charge in [0.25, 0.3) is 5.91 Å². The maximum absolute atomic E-state index is 13.0. The van der Waals surface area contributed by atoms with Crippen LogP contribution in [0.15, 0.2) is 12.1 Å². The van der Waals surface area contributed by atoms with Gasteiger partial charge in [0.05, 0.1) is 5.56 Å². The summed E-state index contributed by atoms with van der Waals surface area (Å²) in [6.07, 6.45) is 1.90. The molecule has 0 atom stereocenters. The van der Waals surface area contributed by atoms with E-state index < -0.39 is 17.5 Å². The second kappa shape index (κ2) is 6.33. The van der Waals surface area contributed by atoms with Crippen LogP contribution in [0, 0.1) is 17.6 Å². The lowest BCUT2D eigenvalue weighted by Crippen LogP contribution is -2.29. The van der Waals surface area contributed by atoms with Crippen molar-refractivity contribution in [2.75, 3.05) is 12.3 Å². The minimum absolute atomic E-state index is 0.0279. The van der Waals surface area contributed by atoms with Gasteiger partial charge in [-0.3, -0.25) is 4.79 Å². The van der Waals surface area contributed by atoms with Gasteiger partial charge in [-0.15, -0.1) is 0 Å². The summed E-state index contributed by atoms with van der Waals surface area (Å²) >= 11 is 0. The molecule has 0 aromatic heterocycles. The summed E-state index contributed by atoms with van der Waals surface area (Å²) in [5.41, 5.74) is 5.41. The molecule has 1 aromatic rings. The van der Waals surface area contributed by atoms with Crippen molar-refractivity contribution in [1.82, 2.24) is 5.32 Å². The molecule has 0 fully saturated rings. The molecule has 0 bridgehead atoms. The molecule has 0 aliphatic rings. The number of rotatable bonds is 5. The second-order valence-corrected chi connectivity index (χ2v) is 4.25. The number of nitrogens with two attached hydrogens (primary N) is 1. The van der Waals surface area contributed by atoms with Crippen molar-refractivity contribution in [3.63, 3.8) is 0 Å². The van der Waals surface area contributed by atoms with Gasteiger partial charge in [0.15, 0.2) is 11.6 Å². The van der Waals surface area contributed by atoms with Crippen LogP contribution < -0.4 is 11.1 Å². The summed E-state index contributed by atoms with van der Waals surface area (Å²) < 4.78 is 25.9. The van der Waals surface area contributed by atoms with Crippen LogP contribution in [-0.4, -0.2) is 12.5 Å². The van der Waals surface area contributed by atoms with E-state index in [9.17, 15) is 13.6 Å². The van der Waals surface area contributed by atoms with E-state index in [0.717, 1.165) is 25.0 Å². The third kappa shape index (κ3) is 3.42. The summed E-state index contributed by atoms with van der Waals surface area (Å²) in [5.74, 6) is -2.22. The van der Waals surface area contributed by atoms with Crippen LogP contribution in [0.25, 0.3) is 0 Å². The Hall–Kier alpha value is -1.65. The number of carbonyl (C=O) groups is 1. The average molecular weight is 256 g/mol. The van der Waals surface area contributed by atoms with Gasteiger partial charge >= 0.3 is 0 Å². The molecular formula is C13H18F2N2O. The third-order valence-electron chi connectivity index (χ3n) is 3.04. The Morgan fingerprint density at radius 3 is 2.39 bits per heavy atom. The molecule has 3 nitrogen and oxygen atoms in total. The van der Waals surface area contributed by atoms with E-state index in [1.807, 2.05) is 13.8 Å². The highest BCUT2D eigenvalue weighted by atomic mass is 19.2. The van der Waals surface area contributed by atoms with Crippen LogP contribution in [0.2, 0.25) is 0 Å². The van der Waals surface area contributed by atoms with Gasteiger partial charge in [-0.25, -0.2) is 8.78 Å². The molecule has 5 heteroatoms. The van der Waals surface area contributed by atoms with E-state index in [4.69, 9.17) is 5.73 Å². The summed E-state index contributed by atoms with van der Waals surface area (Å²) in [4.78, 5) is 11.8. The van der Waals surface area contributed by atoms with Crippen LogP contribution in [0.4, 0.5) is 14.5 Å². The quantitative estimate of drug-likeness (QED) is 0.796. The summed E-state index contributed by atoms with van der Waals surface area (Å²) in [6, 6.07) is 1.65. The topological polar surface area (TPSA) is 55.1 Å². The molecular weight excluding hydrogens is 238 g/mol. The minimum Gasteiger partial charge on any atom is -0.398 e. The lowest BCUT2D eigenvalue weighted by atomic mass is 10.0.